The van der Waals surface area contributed by atoms with Crippen LogP contribution in [0.5, 0.6) is 0 Å². The molecule has 0 saturated heterocycles. The molecule has 10 heavy (non-hydrogen) atoms. The van der Waals surface area contributed by atoms with E-state index in [2.05, 4.69) is 13.5 Å². The first-order valence-corrected chi connectivity index (χ1v) is 4.18. The van der Waals surface area contributed by atoms with Crippen LogP contribution in [0.3, 0.4) is 0 Å². The molecule has 0 aliphatic carbocycles. The van der Waals surface area contributed by atoms with Gasteiger partial charge in [0.15, 0.2) is 0 Å². The summed E-state index contributed by atoms with van der Waals surface area (Å²) >= 11 is 0. The molecular weight excluding hydrogens is 122 g/mol. The highest BCUT2D eigenvalue weighted by Crippen LogP contribution is 2.09. The monoisotopic (exact) mass is 141 g/mol. The van der Waals surface area contributed by atoms with Crippen LogP contribution in [0.4, 0.5) is 0 Å². The molecule has 0 aromatic carbocycles. The number of rotatable bonds is 6. The fourth-order valence-corrected chi connectivity index (χ4v) is 0.904. The molecule has 0 atom stereocenters. The molecule has 0 unspecified atom stereocenters. The summed E-state index contributed by atoms with van der Waals surface area (Å²) < 4.78 is 0. The van der Waals surface area contributed by atoms with Crippen molar-refractivity contribution in [3.05, 3.63) is 12.2 Å². The van der Waals surface area contributed by atoms with Gasteiger partial charge in [-0.05, 0) is 32.2 Å². The molecule has 0 spiro atoms. The molecule has 1 nitrogen and oxygen atoms in total. The maximum atomic E-state index is 5.36. The Morgan fingerprint density at radius 1 is 1.30 bits per heavy atom. The van der Waals surface area contributed by atoms with Gasteiger partial charge in [0.1, 0.15) is 0 Å². The van der Waals surface area contributed by atoms with E-state index in [4.69, 9.17) is 5.73 Å². The summed E-state index contributed by atoms with van der Waals surface area (Å²) in [5, 5.41) is 0. The fraction of sp³-hybridized carbons (Fsp3) is 0.778. The van der Waals surface area contributed by atoms with Crippen molar-refractivity contribution in [1.29, 1.82) is 0 Å². The van der Waals surface area contributed by atoms with E-state index < -0.39 is 0 Å². The minimum absolute atomic E-state index is 0.797. The summed E-state index contributed by atoms with van der Waals surface area (Å²) in [5.74, 6) is 0. The smallest absolute Gasteiger partial charge is 0.00742 e. The van der Waals surface area contributed by atoms with Gasteiger partial charge in [-0.1, -0.05) is 25.5 Å². The molecule has 0 amide bonds. The lowest BCUT2D eigenvalue weighted by atomic mass is 10.1. The van der Waals surface area contributed by atoms with Gasteiger partial charge in [0, 0.05) is 0 Å². The van der Waals surface area contributed by atoms with Crippen molar-refractivity contribution in [3.63, 3.8) is 0 Å². The number of allylic oxidation sites excluding steroid dienone is 1. The van der Waals surface area contributed by atoms with Crippen LogP contribution >= 0.6 is 0 Å². The molecule has 0 aliphatic rings. The van der Waals surface area contributed by atoms with Gasteiger partial charge in [0.2, 0.25) is 0 Å². The first-order valence-electron chi connectivity index (χ1n) is 4.18. The second-order valence-corrected chi connectivity index (χ2v) is 2.75. The molecule has 0 heterocycles. The Kier molecular flexibility index (Phi) is 6.61. The van der Waals surface area contributed by atoms with Crippen LogP contribution < -0.4 is 5.73 Å². The Morgan fingerprint density at radius 2 is 1.90 bits per heavy atom. The van der Waals surface area contributed by atoms with Gasteiger partial charge in [-0.3, -0.25) is 0 Å². The van der Waals surface area contributed by atoms with Crippen molar-refractivity contribution in [2.24, 2.45) is 5.73 Å². The molecule has 0 fully saturated rings. The molecule has 0 bridgehead atoms. The van der Waals surface area contributed by atoms with Crippen LogP contribution in [0.2, 0.25) is 0 Å². The van der Waals surface area contributed by atoms with Crippen LogP contribution in [-0.4, -0.2) is 6.54 Å². The van der Waals surface area contributed by atoms with E-state index in [0.717, 1.165) is 19.4 Å². The number of hydrogen-bond donors (Lipinski definition) is 1. The van der Waals surface area contributed by atoms with Gasteiger partial charge in [-0.25, -0.2) is 0 Å². The largest absolute Gasteiger partial charge is 0.330 e. The highest BCUT2D eigenvalue weighted by atomic mass is 14.5. The first kappa shape index (κ1) is 9.70. The van der Waals surface area contributed by atoms with Crippen molar-refractivity contribution >= 4 is 0 Å². The molecular formula is C9H19N. The summed E-state index contributed by atoms with van der Waals surface area (Å²) in [5.41, 5.74) is 6.73. The SMILES string of the molecule is C=C(CCCC)CCCN. The van der Waals surface area contributed by atoms with Crippen molar-refractivity contribution in [1.82, 2.24) is 0 Å². The molecule has 0 aliphatic heterocycles. The van der Waals surface area contributed by atoms with Crippen LogP contribution in [0.25, 0.3) is 0 Å². The van der Waals surface area contributed by atoms with Crippen LogP contribution in [0.15, 0.2) is 12.2 Å². The van der Waals surface area contributed by atoms with Crippen LogP contribution in [0.1, 0.15) is 39.0 Å². The van der Waals surface area contributed by atoms with E-state index in [1.165, 1.54) is 24.8 Å². The van der Waals surface area contributed by atoms with E-state index in [1.54, 1.807) is 0 Å². The Balaban J connectivity index is 3.09. The maximum Gasteiger partial charge on any atom is -0.00742 e. The highest BCUT2D eigenvalue weighted by molar-refractivity contribution is 4.93. The lowest BCUT2D eigenvalue weighted by Crippen LogP contribution is -1.98. The second-order valence-electron chi connectivity index (χ2n) is 2.75. The first-order chi connectivity index (χ1) is 4.81. The van der Waals surface area contributed by atoms with Gasteiger partial charge in [-0.15, -0.1) is 0 Å². The van der Waals surface area contributed by atoms with E-state index in [1.807, 2.05) is 0 Å². The summed E-state index contributed by atoms with van der Waals surface area (Å²) in [7, 11) is 0. The van der Waals surface area contributed by atoms with E-state index >= 15 is 0 Å². The lowest BCUT2D eigenvalue weighted by Gasteiger charge is -2.01. The minimum atomic E-state index is 0.797. The van der Waals surface area contributed by atoms with Gasteiger partial charge < -0.3 is 5.73 Å². The van der Waals surface area contributed by atoms with Gasteiger partial charge >= 0.3 is 0 Å². The molecule has 0 aromatic rings. The molecule has 0 aromatic heterocycles. The quantitative estimate of drug-likeness (QED) is 0.565. The molecule has 60 valence electrons. The Labute approximate surface area is 64.3 Å². The number of unbranched alkanes of at least 4 members (excludes halogenated alkanes) is 1. The Bertz CT molecular complexity index is 76.7. The third-order valence-corrected chi connectivity index (χ3v) is 1.62. The predicted molar refractivity (Wildman–Crippen MR) is 47.0 cm³/mol. The van der Waals surface area contributed by atoms with Crippen molar-refractivity contribution in [2.45, 2.75) is 39.0 Å². The Morgan fingerprint density at radius 3 is 2.40 bits per heavy atom. The zero-order chi connectivity index (χ0) is 7.82. The van der Waals surface area contributed by atoms with Crippen molar-refractivity contribution < 1.29 is 0 Å². The predicted octanol–water partition coefficient (Wildman–Crippen LogP) is 2.47. The zero-order valence-corrected chi connectivity index (χ0v) is 7.03. The topological polar surface area (TPSA) is 26.0 Å². The second kappa shape index (κ2) is 6.81. The normalized spacial score (nSPS) is 9.80. The van der Waals surface area contributed by atoms with E-state index in [-0.39, 0.29) is 0 Å². The van der Waals surface area contributed by atoms with Gasteiger partial charge in [0.25, 0.3) is 0 Å². The van der Waals surface area contributed by atoms with Crippen LogP contribution in [-0.2, 0) is 0 Å². The Hall–Kier alpha value is -0.300. The average Bonchev–Trinajstić information content (AvgIpc) is 1.97. The van der Waals surface area contributed by atoms with Crippen molar-refractivity contribution in [2.75, 3.05) is 6.54 Å². The van der Waals surface area contributed by atoms with Crippen LogP contribution in [0, 0.1) is 0 Å². The summed E-state index contributed by atoms with van der Waals surface area (Å²) in [6, 6.07) is 0. The third kappa shape index (κ3) is 5.83. The molecule has 2 N–H and O–H groups in total. The molecule has 0 radical (unpaired) electrons. The summed E-state index contributed by atoms with van der Waals surface area (Å²) in [6.07, 6.45) is 5.96. The zero-order valence-electron chi connectivity index (χ0n) is 7.03. The van der Waals surface area contributed by atoms with Gasteiger partial charge in [0.05, 0.1) is 0 Å². The number of hydrogen-bond acceptors (Lipinski definition) is 1. The average molecular weight is 141 g/mol. The maximum absolute atomic E-state index is 5.36. The molecule has 1 heteroatoms. The summed E-state index contributed by atoms with van der Waals surface area (Å²) in [6.45, 7) is 6.98. The molecule has 0 saturated carbocycles. The minimum Gasteiger partial charge on any atom is -0.330 e. The fourth-order valence-electron chi connectivity index (χ4n) is 0.904. The van der Waals surface area contributed by atoms with Gasteiger partial charge in [-0.2, -0.15) is 0 Å². The van der Waals surface area contributed by atoms with E-state index in [9.17, 15) is 0 Å². The summed E-state index contributed by atoms with van der Waals surface area (Å²) in [4.78, 5) is 0. The van der Waals surface area contributed by atoms with E-state index in [0.29, 0.717) is 0 Å². The third-order valence-electron chi connectivity index (χ3n) is 1.62. The number of nitrogens with two attached hydrogens (primary N) is 1. The standard InChI is InChI=1S/C9H19N/c1-3-4-6-9(2)7-5-8-10/h2-8,10H2,1H3. The van der Waals surface area contributed by atoms with Crippen molar-refractivity contribution in [3.8, 4) is 0 Å². The molecule has 0 rings (SSSR count). The highest BCUT2D eigenvalue weighted by Gasteiger charge is 1.91. The lowest BCUT2D eigenvalue weighted by molar-refractivity contribution is 0.729.